The van der Waals surface area contributed by atoms with E-state index in [1.807, 2.05) is 0 Å². The molecule has 1 fully saturated rings. The number of halogens is 1. The van der Waals surface area contributed by atoms with Crippen molar-refractivity contribution in [1.82, 2.24) is 4.90 Å². The van der Waals surface area contributed by atoms with E-state index in [9.17, 15) is 19.1 Å². The number of carboxylic acids is 1. The maximum atomic E-state index is 12.9. The average molecular weight is 269 g/mol. The molecule has 6 nitrogen and oxygen atoms in total. The van der Waals surface area contributed by atoms with Gasteiger partial charge in [0.15, 0.2) is 6.04 Å². The summed E-state index contributed by atoms with van der Waals surface area (Å²) in [6.45, 7) is 0.215. The molecule has 2 N–H and O–H groups in total. The van der Waals surface area contributed by atoms with Crippen molar-refractivity contribution >= 4 is 11.9 Å². The number of phenols is 1. The van der Waals surface area contributed by atoms with Crippen LogP contribution in [0.3, 0.4) is 0 Å². The first-order valence-electron chi connectivity index (χ1n) is 5.60. The van der Waals surface area contributed by atoms with Gasteiger partial charge in [-0.3, -0.25) is 4.79 Å². The van der Waals surface area contributed by atoms with Crippen LogP contribution in [0.5, 0.6) is 5.75 Å². The number of rotatable bonds is 2. The van der Waals surface area contributed by atoms with Gasteiger partial charge in [0.25, 0.3) is 5.91 Å². The van der Waals surface area contributed by atoms with Crippen LogP contribution in [0.1, 0.15) is 10.4 Å². The van der Waals surface area contributed by atoms with E-state index in [-0.39, 0.29) is 25.3 Å². The van der Waals surface area contributed by atoms with Gasteiger partial charge in [-0.15, -0.1) is 0 Å². The zero-order valence-electron chi connectivity index (χ0n) is 9.88. The number of carbonyl (C=O) groups excluding carboxylic acids is 1. The third-order valence-corrected chi connectivity index (χ3v) is 2.86. The number of phenolic OH excluding ortho intramolecular Hbond substituents is 1. The minimum absolute atomic E-state index is 0.104. The summed E-state index contributed by atoms with van der Waals surface area (Å²) >= 11 is 0. The number of aliphatic carboxylic acids is 1. The summed E-state index contributed by atoms with van der Waals surface area (Å²) in [5.74, 6) is -3.03. The lowest BCUT2D eigenvalue weighted by molar-refractivity contribution is -0.147. The Morgan fingerprint density at radius 3 is 2.79 bits per heavy atom. The molecule has 2 rings (SSSR count). The molecule has 1 aromatic rings. The standard InChI is InChI=1S/C12H12FNO5/c13-7-1-2-8(10(15)5-7)11(16)14-3-4-19-6-9(14)12(17)18/h1-2,5,9,15H,3-4,6H2,(H,17,18). The second-order valence-electron chi connectivity index (χ2n) is 4.09. The molecule has 0 radical (unpaired) electrons. The highest BCUT2D eigenvalue weighted by Gasteiger charge is 2.34. The van der Waals surface area contributed by atoms with Crippen molar-refractivity contribution in [1.29, 1.82) is 0 Å². The third-order valence-electron chi connectivity index (χ3n) is 2.86. The molecule has 1 aromatic carbocycles. The van der Waals surface area contributed by atoms with Crippen LogP contribution in [-0.4, -0.2) is 52.8 Å². The molecule has 19 heavy (non-hydrogen) atoms. The van der Waals surface area contributed by atoms with Crippen LogP contribution in [0.4, 0.5) is 4.39 Å². The fourth-order valence-corrected chi connectivity index (χ4v) is 1.89. The molecule has 102 valence electrons. The van der Waals surface area contributed by atoms with E-state index >= 15 is 0 Å². The normalized spacial score (nSPS) is 19.2. The van der Waals surface area contributed by atoms with E-state index < -0.39 is 29.5 Å². The number of carboxylic acid groups (broad SMARTS) is 1. The van der Waals surface area contributed by atoms with Gasteiger partial charge in [-0.2, -0.15) is 0 Å². The molecular formula is C12H12FNO5. The number of hydrogen-bond acceptors (Lipinski definition) is 4. The SMILES string of the molecule is O=C(O)C1COCCN1C(=O)c1ccc(F)cc1O. The first-order valence-corrected chi connectivity index (χ1v) is 5.60. The van der Waals surface area contributed by atoms with Crippen LogP contribution in [0.15, 0.2) is 18.2 Å². The van der Waals surface area contributed by atoms with Crippen molar-refractivity contribution in [2.24, 2.45) is 0 Å². The molecule has 0 aromatic heterocycles. The summed E-state index contributed by atoms with van der Waals surface area (Å²) in [7, 11) is 0. The van der Waals surface area contributed by atoms with Gasteiger partial charge in [0, 0.05) is 12.6 Å². The van der Waals surface area contributed by atoms with Crippen LogP contribution >= 0.6 is 0 Å². The Morgan fingerprint density at radius 1 is 1.42 bits per heavy atom. The van der Waals surface area contributed by atoms with E-state index in [1.165, 1.54) is 0 Å². The molecule has 1 amide bonds. The molecule has 0 saturated carbocycles. The van der Waals surface area contributed by atoms with Crippen molar-refractivity contribution in [2.75, 3.05) is 19.8 Å². The smallest absolute Gasteiger partial charge is 0.328 e. The van der Waals surface area contributed by atoms with Crippen molar-refractivity contribution in [3.63, 3.8) is 0 Å². The monoisotopic (exact) mass is 269 g/mol. The molecule has 0 spiro atoms. The van der Waals surface area contributed by atoms with E-state index in [4.69, 9.17) is 9.84 Å². The summed E-state index contributed by atoms with van der Waals surface area (Å²) < 4.78 is 17.9. The number of carbonyl (C=O) groups is 2. The van der Waals surface area contributed by atoms with Crippen LogP contribution < -0.4 is 0 Å². The topological polar surface area (TPSA) is 87.1 Å². The molecule has 1 saturated heterocycles. The van der Waals surface area contributed by atoms with Gasteiger partial charge < -0.3 is 19.8 Å². The zero-order chi connectivity index (χ0) is 14.0. The van der Waals surface area contributed by atoms with Gasteiger partial charge in [0.2, 0.25) is 0 Å². The van der Waals surface area contributed by atoms with Gasteiger partial charge in [-0.05, 0) is 12.1 Å². The minimum atomic E-state index is -1.19. The second-order valence-corrected chi connectivity index (χ2v) is 4.09. The van der Waals surface area contributed by atoms with Gasteiger partial charge in [-0.25, -0.2) is 9.18 Å². The summed E-state index contributed by atoms with van der Waals surface area (Å²) in [6.07, 6.45) is 0. The van der Waals surface area contributed by atoms with Crippen molar-refractivity contribution in [3.8, 4) is 5.75 Å². The third kappa shape index (κ3) is 2.65. The second kappa shape index (κ2) is 5.23. The number of amides is 1. The number of ether oxygens (including phenoxy) is 1. The molecule has 0 bridgehead atoms. The highest BCUT2D eigenvalue weighted by atomic mass is 19.1. The summed E-state index contributed by atoms with van der Waals surface area (Å²) in [4.78, 5) is 24.3. The quantitative estimate of drug-likeness (QED) is 0.814. The van der Waals surface area contributed by atoms with Crippen LogP contribution in [0, 0.1) is 5.82 Å². The number of benzene rings is 1. The Morgan fingerprint density at radius 2 is 2.16 bits per heavy atom. The molecule has 1 atom stereocenters. The maximum absolute atomic E-state index is 12.9. The number of aromatic hydroxyl groups is 1. The Bertz CT molecular complexity index is 519. The largest absolute Gasteiger partial charge is 0.507 e. The number of morpholine rings is 1. The number of nitrogens with zero attached hydrogens (tertiary/aromatic N) is 1. The Labute approximate surface area is 108 Å². The summed E-state index contributed by atoms with van der Waals surface area (Å²) in [5, 5.41) is 18.6. The van der Waals surface area contributed by atoms with Crippen molar-refractivity contribution < 1.29 is 28.9 Å². The maximum Gasteiger partial charge on any atom is 0.328 e. The zero-order valence-corrected chi connectivity index (χ0v) is 9.88. The van der Waals surface area contributed by atoms with Crippen LogP contribution in [0.2, 0.25) is 0 Å². The van der Waals surface area contributed by atoms with Gasteiger partial charge >= 0.3 is 5.97 Å². The van der Waals surface area contributed by atoms with Gasteiger partial charge in [0.05, 0.1) is 18.8 Å². The van der Waals surface area contributed by atoms with E-state index in [2.05, 4.69) is 0 Å². The van der Waals surface area contributed by atoms with Crippen LogP contribution in [0.25, 0.3) is 0 Å². The first-order chi connectivity index (χ1) is 9.00. The van der Waals surface area contributed by atoms with Gasteiger partial charge in [0.1, 0.15) is 11.6 Å². The van der Waals surface area contributed by atoms with Crippen molar-refractivity contribution in [2.45, 2.75) is 6.04 Å². The summed E-state index contributed by atoms with van der Waals surface area (Å²) in [5.41, 5.74) is -0.130. The average Bonchev–Trinajstić information content (AvgIpc) is 2.38. The molecular weight excluding hydrogens is 257 g/mol. The Kier molecular flexibility index (Phi) is 3.66. The lowest BCUT2D eigenvalue weighted by Crippen LogP contribution is -2.52. The van der Waals surface area contributed by atoms with E-state index in [0.717, 1.165) is 23.1 Å². The van der Waals surface area contributed by atoms with Gasteiger partial charge in [-0.1, -0.05) is 0 Å². The first kappa shape index (κ1) is 13.3. The Hall–Kier alpha value is -2.15. The predicted molar refractivity (Wildman–Crippen MR) is 61.3 cm³/mol. The molecule has 1 aliphatic heterocycles. The molecule has 0 aliphatic carbocycles. The van der Waals surface area contributed by atoms with Crippen LogP contribution in [-0.2, 0) is 9.53 Å². The fraction of sp³-hybridized carbons (Fsp3) is 0.333. The molecule has 1 unspecified atom stereocenters. The predicted octanol–water partition coefficient (Wildman–Crippen LogP) is 0.457. The van der Waals surface area contributed by atoms with E-state index in [1.54, 1.807) is 0 Å². The van der Waals surface area contributed by atoms with E-state index in [0.29, 0.717) is 0 Å². The minimum Gasteiger partial charge on any atom is -0.507 e. The Balaban J connectivity index is 2.28. The van der Waals surface area contributed by atoms with Crippen molar-refractivity contribution in [3.05, 3.63) is 29.6 Å². The fourth-order valence-electron chi connectivity index (χ4n) is 1.89. The molecule has 1 aliphatic rings. The lowest BCUT2D eigenvalue weighted by Gasteiger charge is -2.32. The lowest BCUT2D eigenvalue weighted by atomic mass is 10.1. The summed E-state index contributed by atoms with van der Waals surface area (Å²) in [6, 6.07) is 1.86. The molecule has 1 heterocycles. The molecule has 7 heteroatoms. The highest BCUT2D eigenvalue weighted by molar-refractivity contribution is 5.99. The highest BCUT2D eigenvalue weighted by Crippen LogP contribution is 2.22. The number of hydrogen-bond donors (Lipinski definition) is 2.